The van der Waals surface area contributed by atoms with Crippen LogP contribution in [0.5, 0.6) is 11.5 Å². The number of carbonyl (C=O) groups excluding carboxylic acids is 2. The molecule has 2 heterocycles. The van der Waals surface area contributed by atoms with Crippen molar-refractivity contribution in [2.45, 2.75) is 52.0 Å². The van der Waals surface area contributed by atoms with Crippen molar-refractivity contribution in [1.82, 2.24) is 10.3 Å². The zero-order valence-electron chi connectivity index (χ0n) is 24.0. The first-order chi connectivity index (χ1) is 19.2. The van der Waals surface area contributed by atoms with E-state index in [0.29, 0.717) is 33.5 Å². The number of hydrogen-bond acceptors (Lipinski definition) is 9. The molecule has 4 rings (SSSR count). The molecule has 3 unspecified atom stereocenters. The van der Waals surface area contributed by atoms with Crippen LogP contribution in [-0.2, 0) is 24.5 Å². The monoisotopic (exact) mass is 564 g/mol. The molecule has 0 bridgehead atoms. The summed E-state index contributed by atoms with van der Waals surface area (Å²) in [6.07, 6.45) is 0. The summed E-state index contributed by atoms with van der Waals surface area (Å²) in [5.41, 5.74) is 2.03. The molecule has 1 aromatic heterocycles. The molecule has 0 aliphatic carbocycles. The van der Waals surface area contributed by atoms with Gasteiger partial charge in [-0.15, -0.1) is 11.3 Å². The quantitative estimate of drug-likeness (QED) is 0.338. The topological polar surface area (TPSA) is 96.0 Å². The zero-order chi connectivity index (χ0) is 29.0. The van der Waals surface area contributed by atoms with Crippen LogP contribution < -0.4 is 14.8 Å². The minimum absolute atomic E-state index is 0.180. The highest BCUT2D eigenvalue weighted by atomic mass is 32.1. The van der Waals surface area contributed by atoms with Gasteiger partial charge in [-0.1, -0.05) is 30.3 Å². The number of esters is 2. The summed E-state index contributed by atoms with van der Waals surface area (Å²) in [5, 5.41) is 3.96. The van der Waals surface area contributed by atoms with E-state index in [1.54, 1.807) is 28.1 Å². The number of aryl methyl sites for hydroxylation is 1. The first-order valence-corrected chi connectivity index (χ1v) is 14.1. The summed E-state index contributed by atoms with van der Waals surface area (Å²) in [6, 6.07) is 14.7. The smallest absolute Gasteiger partial charge is 0.336 e. The van der Waals surface area contributed by atoms with Gasteiger partial charge in [0.1, 0.15) is 5.01 Å². The van der Waals surface area contributed by atoms with Gasteiger partial charge in [0, 0.05) is 28.1 Å². The van der Waals surface area contributed by atoms with Crippen molar-refractivity contribution >= 4 is 23.3 Å². The summed E-state index contributed by atoms with van der Waals surface area (Å²) in [5.74, 6) is -0.448. The minimum atomic E-state index is -1.36. The lowest BCUT2D eigenvalue weighted by atomic mass is 9.62. The van der Waals surface area contributed by atoms with E-state index in [-0.39, 0.29) is 13.2 Å². The molecular weight excluding hydrogens is 528 g/mol. The first kappa shape index (κ1) is 29.1. The molecule has 0 saturated carbocycles. The van der Waals surface area contributed by atoms with Crippen molar-refractivity contribution in [3.63, 3.8) is 0 Å². The van der Waals surface area contributed by atoms with Gasteiger partial charge in [0.05, 0.1) is 38.7 Å². The van der Waals surface area contributed by atoms with E-state index < -0.39 is 29.3 Å². The molecule has 40 heavy (non-hydrogen) atoms. The fraction of sp³-hybridized carbons (Fsp3) is 0.387. The Balaban J connectivity index is 2.02. The van der Waals surface area contributed by atoms with Gasteiger partial charge in [-0.25, -0.2) is 9.78 Å². The van der Waals surface area contributed by atoms with Crippen molar-refractivity contribution in [3.8, 4) is 22.8 Å². The highest BCUT2D eigenvalue weighted by Crippen LogP contribution is 2.52. The molecule has 0 saturated heterocycles. The first-order valence-electron chi connectivity index (χ1n) is 13.3. The van der Waals surface area contributed by atoms with Crippen LogP contribution in [0.4, 0.5) is 0 Å². The number of methoxy groups -OCH3 is 2. The number of aromatic nitrogens is 1. The van der Waals surface area contributed by atoms with Crippen LogP contribution in [0.15, 0.2) is 59.8 Å². The van der Waals surface area contributed by atoms with Gasteiger partial charge in [0.2, 0.25) is 0 Å². The molecule has 0 amide bonds. The van der Waals surface area contributed by atoms with Gasteiger partial charge < -0.3 is 24.3 Å². The molecule has 1 aliphatic heterocycles. The van der Waals surface area contributed by atoms with Crippen LogP contribution in [0, 0.1) is 6.92 Å². The zero-order valence-corrected chi connectivity index (χ0v) is 24.8. The van der Waals surface area contributed by atoms with Crippen molar-refractivity contribution in [3.05, 3.63) is 75.2 Å². The van der Waals surface area contributed by atoms with Crippen LogP contribution in [0.25, 0.3) is 11.3 Å². The summed E-state index contributed by atoms with van der Waals surface area (Å²) >= 11 is 1.42. The Morgan fingerprint density at radius 3 is 2.27 bits per heavy atom. The molecule has 8 nitrogen and oxygen atoms in total. The molecule has 1 aliphatic rings. The highest BCUT2D eigenvalue weighted by Gasteiger charge is 2.60. The van der Waals surface area contributed by atoms with Crippen LogP contribution in [-0.4, -0.2) is 50.4 Å². The number of ether oxygens (including phenoxy) is 4. The average molecular weight is 565 g/mol. The van der Waals surface area contributed by atoms with Gasteiger partial charge in [-0.05, 0) is 58.4 Å². The minimum Gasteiger partial charge on any atom is -0.493 e. The normalized spacial score (nSPS) is 20.5. The number of rotatable bonds is 9. The molecule has 0 fully saturated rings. The largest absolute Gasteiger partial charge is 0.493 e. The third-order valence-electron chi connectivity index (χ3n) is 7.31. The predicted molar refractivity (Wildman–Crippen MR) is 155 cm³/mol. The number of hydrogen-bond donors (Lipinski definition) is 1. The number of thiazole rings is 1. The Bertz CT molecular complexity index is 1420. The Morgan fingerprint density at radius 2 is 1.65 bits per heavy atom. The van der Waals surface area contributed by atoms with E-state index in [4.69, 9.17) is 23.9 Å². The predicted octanol–water partition coefficient (Wildman–Crippen LogP) is 5.55. The van der Waals surface area contributed by atoms with Crippen molar-refractivity contribution in [2.24, 2.45) is 0 Å². The Hall–Kier alpha value is -3.85. The van der Waals surface area contributed by atoms with Crippen molar-refractivity contribution in [2.75, 3.05) is 27.4 Å². The van der Waals surface area contributed by atoms with E-state index in [1.807, 2.05) is 69.3 Å². The molecule has 0 radical (unpaired) electrons. The van der Waals surface area contributed by atoms with E-state index in [2.05, 4.69) is 5.32 Å². The standard InChI is InChI=1S/C31H36N2O6S/c1-8-38-28(34)25-18(3)32-20(5)31(30(35)39-9-2,26(25)21-13-11-10-12-14-21)29-33-27(19(4)40-29)22-15-16-23(36-6)24(17-22)37-7/h10-17,20,26,32H,8-9H2,1-7H3. The van der Waals surface area contributed by atoms with Gasteiger partial charge in [-0.2, -0.15) is 0 Å². The SMILES string of the molecule is CCOC(=O)C1=C(C)NC(C)C(C(=O)OCC)(c2nc(-c3ccc(OC)c(OC)c3)c(C)s2)C1c1ccccc1. The van der Waals surface area contributed by atoms with Gasteiger partial charge in [0.25, 0.3) is 0 Å². The van der Waals surface area contributed by atoms with Gasteiger partial charge in [0.15, 0.2) is 16.9 Å². The molecule has 2 aromatic carbocycles. The van der Waals surface area contributed by atoms with Gasteiger partial charge >= 0.3 is 11.9 Å². The highest BCUT2D eigenvalue weighted by molar-refractivity contribution is 7.12. The lowest BCUT2D eigenvalue weighted by Crippen LogP contribution is -2.60. The molecule has 1 N–H and O–H groups in total. The summed E-state index contributed by atoms with van der Waals surface area (Å²) in [7, 11) is 3.17. The van der Waals surface area contributed by atoms with E-state index >= 15 is 0 Å². The summed E-state index contributed by atoms with van der Waals surface area (Å²) in [6.45, 7) is 9.68. The summed E-state index contributed by atoms with van der Waals surface area (Å²) < 4.78 is 22.2. The molecule has 0 spiro atoms. The maximum Gasteiger partial charge on any atom is 0.336 e. The lowest BCUT2D eigenvalue weighted by Gasteiger charge is -2.46. The van der Waals surface area contributed by atoms with E-state index in [0.717, 1.165) is 16.0 Å². The van der Waals surface area contributed by atoms with Crippen molar-refractivity contribution in [1.29, 1.82) is 0 Å². The fourth-order valence-corrected chi connectivity index (χ4v) is 6.77. The molecular formula is C31H36N2O6S. The molecule has 9 heteroatoms. The molecule has 212 valence electrons. The van der Waals surface area contributed by atoms with Crippen LogP contribution in [0.1, 0.15) is 49.1 Å². The Morgan fingerprint density at radius 1 is 0.975 bits per heavy atom. The van der Waals surface area contributed by atoms with E-state index in [1.165, 1.54) is 11.3 Å². The maximum absolute atomic E-state index is 14.3. The second-order valence-corrected chi connectivity index (χ2v) is 10.8. The van der Waals surface area contributed by atoms with Crippen LogP contribution >= 0.6 is 11.3 Å². The number of benzene rings is 2. The van der Waals surface area contributed by atoms with Gasteiger partial charge in [-0.3, -0.25) is 4.79 Å². The Kier molecular flexibility index (Phi) is 8.83. The second-order valence-electron chi connectivity index (χ2n) is 9.55. The second kappa shape index (κ2) is 12.1. The van der Waals surface area contributed by atoms with Crippen LogP contribution in [0.2, 0.25) is 0 Å². The maximum atomic E-state index is 14.3. The third-order valence-corrected chi connectivity index (χ3v) is 8.43. The molecule has 3 aromatic rings. The Labute approximate surface area is 239 Å². The fourth-order valence-electron chi connectivity index (χ4n) is 5.53. The third kappa shape index (κ3) is 4.94. The number of nitrogens with one attached hydrogen (secondary N) is 1. The number of nitrogens with zero attached hydrogens (tertiary/aromatic N) is 1. The number of allylic oxidation sites excluding steroid dienone is 1. The molecule has 3 atom stereocenters. The van der Waals surface area contributed by atoms with E-state index in [9.17, 15) is 9.59 Å². The van der Waals surface area contributed by atoms with Crippen molar-refractivity contribution < 1.29 is 28.5 Å². The number of carbonyl (C=O) groups is 2. The summed E-state index contributed by atoms with van der Waals surface area (Å²) in [4.78, 5) is 33.8. The average Bonchev–Trinajstić information content (AvgIpc) is 3.34. The van der Waals surface area contributed by atoms with Crippen LogP contribution in [0.3, 0.4) is 0 Å². The lowest BCUT2D eigenvalue weighted by molar-refractivity contribution is -0.153.